The molecular weight excluding hydrogens is 226 g/mol. The standard InChI is InChI=1S/C15H19NS/c1-11-6-12(2)8-15(7-11)13(3)16-9-14-4-5-17-10-14/h4-8,10,13,16H,9H2,1-3H3. The molecule has 2 aromatic rings. The number of hydrogen-bond donors (Lipinski definition) is 1. The van der Waals surface area contributed by atoms with Crippen molar-refractivity contribution in [2.75, 3.05) is 0 Å². The van der Waals surface area contributed by atoms with E-state index in [2.05, 4.69) is 61.1 Å². The van der Waals surface area contributed by atoms with Gasteiger partial charge < -0.3 is 5.32 Å². The van der Waals surface area contributed by atoms with E-state index in [1.165, 1.54) is 22.3 Å². The van der Waals surface area contributed by atoms with E-state index < -0.39 is 0 Å². The van der Waals surface area contributed by atoms with E-state index in [4.69, 9.17) is 0 Å². The molecule has 0 amide bonds. The molecule has 1 unspecified atom stereocenters. The van der Waals surface area contributed by atoms with E-state index in [1.54, 1.807) is 11.3 Å². The molecule has 1 atom stereocenters. The van der Waals surface area contributed by atoms with Crippen LogP contribution >= 0.6 is 11.3 Å². The molecule has 0 aliphatic rings. The number of nitrogens with one attached hydrogen (secondary N) is 1. The second kappa shape index (κ2) is 5.48. The fourth-order valence-corrected chi connectivity index (χ4v) is 2.71. The first kappa shape index (κ1) is 12.3. The maximum Gasteiger partial charge on any atom is 0.0295 e. The second-order valence-corrected chi connectivity index (χ2v) is 5.44. The highest BCUT2D eigenvalue weighted by atomic mass is 32.1. The Morgan fingerprint density at radius 1 is 1.18 bits per heavy atom. The predicted molar refractivity (Wildman–Crippen MR) is 75.5 cm³/mol. The molecule has 0 saturated heterocycles. The van der Waals surface area contributed by atoms with Gasteiger partial charge in [0.15, 0.2) is 0 Å². The van der Waals surface area contributed by atoms with E-state index in [9.17, 15) is 0 Å². The Bertz CT molecular complexity index is 453. The van der Waals surface area contributed by atoms with Gasteiger partial charge in [-0.15, -0.1) is 0 Å². The maximum absolute atomic E-state index is 3.56. The molecule has 0 spiro atoms. The molecule has 1 nitrogen and oxygen atoms in total. The molecule has 1 aromatic carbocycles. The fraction of sp³-hybridized carbons (Fsp3) is 0.333. The van der Waals surface area contributed by atoms with E-state index in [0.29, 0.717) is 6.04 Å². The molecule has 1 N–H and O–H groups in total. The molecule has 0 radical (unpaired) electrons. The van der Waals surface area contributed by atoms with Crippen molar-refractivity contribution < 1.29 is 0 Å². The van der Waals surface area contributed by atoms with Gasteiger partial charge in [-0.05, 0) is 48.7 Å². The minimum atomic E-state index is 0.397. The van der Waals surface area contributed by atoms with Crippen molar-refractivity contribution in [3.63, 3.8) is 0 Å². The molecule has 90 valence electrons. The van der Waals surface area contributed by atoms with Crippen LogP contribution in [0.3, 0.4) is 0 Å². The summed E-state index contributed by atoms with van der Waals surface area (Å²) in [6.45, 7) is 7.47. The molecule has 0 aliphatic carbocycles. The monoisotopic (exact) mass is 245 g/mol. The zero-order chi connectivity index (χ0) is 12.3. The van der Waals surface area contributed by atoms with Crippen molar-refractivity contribution in [2.24, 2.45) is 0 Å². The number of rotatable bonds is 4. The summed E-state index contributed by atoms with van der Waals surface area (Å²) in [4.78, 5) is 0. The predicted octanol–water partition coefficient (Wildman–Crippen LogP) is 4.22. The highest BCUT2D eigenvalue weighted by molar-refractivity contribution is 7.07. The van der Waals surface area contributed by atoms with Crippen LogP contribution in [0.25, 0.3) is 0 Å². The minimum Gasteiger partial charge on any atom is -0.306 e. The van der Waals surface area contributed by atoms with E-state index in [-0.39, 0.29) is 0 Å². The lowest BCUT2D eigenvalue weighted by atomic mass is 10.0. The van der Waals surface area contributed by atoms with E-state index >= 15 is 0 Å². The van der Waals surface area contributed by atoms with Gasteiger partial charge in [-0.25, -0.2) is 0 Å². The van der Waals surface area contributed by atoms with Gasteiger partial charge in [-0.3, -0.25) is 0 Å². The largest absolute Gasteiger partial charge is 0.306 e. The molecule has 0 aliphatic heterocycles. The highest BCUT2D eigenvalue weighted by Gasteiger charge is 2.06. The van der Waals surface area contributed by atoms with Crippen LogP contribution in [-0.4, -0.2) is 0 Å². The van der Waals surface area contributed by atoms with Crippen LogP contribution in [0.5, 0.6) is 0 Å². The molecule has 2 rings (SSSR count). The van der Waals surface area contributed by atoms with E-state index in [1.807, 2.05) is 0 Å². The van der Waals surface area contributed by atoms with Crippen LogP contribution in [0, 0.1) is 13.8 Å². The van der Waals surface area contributed by atoms with Crippen LogP contribution in [0.4, 0.5) is 0 Å². The highest BCUT2D eigenvalue weighted by Crippen LogP contribution is 2.17. The summed E-state index contributed by atoms with van der Waals surface area (Å²) < 4.78 is 0. The number of hydrogen-bond acceptors (Lipinski definition) is 2. The molecule has 1 aromatic heterocycles. The van der Waals surface area contributed by atoms with Crippen molar-refractivity contribution in [3.05, 3.63) is 57.3 Å². The van der Waals surface area contributed by atoms with Crippen molar-refractivity contribution in [1.82, 2.24) is 5.32 Å². The topological polar surface area (TPSA) is 12.0 Å². The van der Waals surface area contributed by atoms with Crippen LogP contribution in [0.2, 0.25) is 0 Å². The van der Waals surface area contributed by atoms with Crippen molar-refractivity contribution in [3.8, 4) is 0 Å². The first-order chi connectivity index (χ1) is 8.15. The summed E-state index contributed by atoms with van der Waals surface area (Å²) in [5.74, 6) is 0. The number of benzene rings is 1. The van der Waals surface area contributed by atoms with Gasteiger partial charge in [-0.1, -0.05) is 29.3 Å². The lowest BCUT2D eigenvalue weighted by Gasteiger charge is -2.15. The molecule has 0 bridgehead atoms. The Morgan fingerprint density at radius 2 is 1.88 bits per heavy atom. The van der Waals surface area contributed by atoms with Crippen LogP contribution in [-0.2, 0) is 6.54 Å². The Kier molecular flexibility index (Phi) is 3.97. The third kappa shape index (κ3) is 3.42. The van der Waals surface area contributed by atoms with Gasteiger partial charge in [-0.2, -0.15) is 11.3 Å². The summed E-state index contributed by atoms with van der Waals surface area (Å²) in [6.07, 6.45) is 0. The van der Waals surface area contributed by atoms with Crippen molar-refractivity contribution >= 4 is 11.3 Å². The smallest absolute Gasteiger partial charge is 0.0295 e. The van der Waals surface area contributed by atoms with Gasteiger partial charge in [0.05, 0.1) is 0 Å². The molecule has 0 fully saturated rings. The van der Waals surface area contributed by atoms with Gasteiger partial charge in [0.2, 0.25) is 0 Å². The Labute approximate surface area is 108 Å². The normalized spacial score (nSPS) is 12.6. The third-order valence-corrected chi connectivity index (χ3v) is 3.67. The molecular formula is C15H19NS. The molecule has 1 heterocycles. The van der Waals surface area contributed by atoms with Crippen molar-refractivity contribution in [2.45, 2.75) is 33.4 Å². The zero-order valence-corrected chi connectivity index (χ0v) is 11.5. The molecule has 17 heavy (non-hydrogen) atoms. The first-order valence-corrected chi connectivity index (χ1v) is 6.92. The minimum absolute atomic E-state index is 0.397. The van der Waals surface area contributed by atoms with Gasteiger partial charge in [0, 0.05) is 12.6 Å². The Balaban J connectivity index is 2.01. The summed E-state index contributed by atoms with van der Waals surface area (Å²) in [7, 11) is 0. The SMILES string of the molecule is Cc1cc(C)cc(C(C)NCc2ccsc2)c1. The molecule has 2 heteroatoms. The maximum atomic E-state index is 3.56. The molecule has 0 saturated carbocycles. The lowest BCUT2D eigenvalue weighted by Crippen LogP contribution is -2.17. The zero-order valence-electron chi connectivity index (χ0n) is 10.7. The van der Waals surface area contributed by atoms with E-state index in [0.717, 1.165) is 6.54 Å². The summed E-state index contributed by atoms with van der Waals surface area (Å²) >= 11 is 1.75. The fourth-order valence-electron chi connectivity index (χ4n) is 2.04. The number of thiophene rings is 1. The summed E-state index contributed by atoms with van der Waals surface area (Å²) in [6, 6.07) is 9.31. The number of aryl methyl sites for hydroxylation is 2. The average Bonchev–Trinajstić information content (AvgIpc) is 2.77. The first-order valence-electron chi connectivity index (χ1n) is 5.98. The third-order valence-electron chi connectivity index (χ3n) is 2.94. The summed E-state index contributed by atoms with van der Waals surface area (Å²) in [5, 5.41) is 7.88. The Hall–Kier alpha value is -1.12. The second-order valence-electron chi connectivity index (χ2n) is 4.66. The van der Waals surface area contributed by atoms with Crippen LogP contribution in [0.15, 0.2) is 35.0 Å². The van der Waals surface area contributed by atoms with Gasteiger partial charge >= 0.3 is 0 Å². The Morgan fingerprint density at radius 3 is 2.47 bits per heavy atom. The quantitative estimate of drug-likeness (QED) is 0.850. The van der Waals surface area contributed by atoms with Crippen molar-refractivity contribution in [1.29, 1.82) is 0 Å². The van der Waals surface area contributed by atoms with Crippen LogP contribution < -0.4 is 5.32 Å². The lowest BCUT2D eigenvalue weighted by molar-refractivity contribution is 0.575. The van der Waals surface area contributed by atoms with Crippen LogP contribution in [0.1, 0.15) is 35.2 Å². The summed E-state index contributed by atoms with van der Waals surface area (Å²) in [5.41, 5.74) is 5.41. The van der Waals surface area contributed by atoms with Gasteiger partial charge in [0.1, 0.15) is 0 Å². The van der Waals surface area contributed by atoms with Gasteiger partial charge in [0.25, 0.3) is 0 Å². The average molecular weight is 245 g/mol.